The highest BCUT2D eigenvalue weighted by atomic mass is 19.4. The Bertz CT molecular complexity index is 243. The number of hydrogen-bond acceptors (Lipinski definition) is 3. The first-order valence-electron chi connectivity index (χ1n) is 7.47. The lowest BCUT2D eigenvalue weighted by molar-refractivity contribution is -0.145. The molecular weight excluding hydrogens is 269 g/mol. The van der Waals surface area contributed by atoms with E-state index in [2.05, 4.69) is 5.32 Å². The normalized spacial score (nSPS) is 15.6. The van der Waals surface area contributed by atoms with Crippen LogP contribution in [0, 0.1) is 0 Å². The van der Waals surface area contributed by atoms with Gasteiger partial charge in [0.05, 0.1) is 13.2 Å². The van der Waals surface area contributed by atoms with E-state index >= 15 is 0 Å². The minimum absolute atomic E-state index is 0.0227. The van der Waals surface area contributed by atoms with E-state index in [1.165, 1.54) is 4.90 Å². The Morgan fingerprint density at radius 1 is 1.15 bits per heavy atom. The summed E-state index contributed by atoms with van der Waals surface area (Å²) >= 11 is 0. The van der Waals surface area contributed by atoms with Crippen molar-refractivity contribution in [2.45, 2.75) is 58.2 Å². The fourth-order valence-corrected chi connectivity index (χ4v) is 2.27. The van der Waals surface area contributed by atoms with Gasteiger partial charge in [-0.2, -0.15) is 13.2 Å². The van der Waals surface area contributed by atoms with Crippen molar-refractivity contribution in [2.75, 3.05) is 32.8 Å². The molecule has 6 heteroatoms. The second kappa shape index (κ2) is 9.58. The Morgan fingerprint density at radius 3 is 2.20 bits per heavy atom. The van der Waals surface area contributed by atoms with E-state index in [-0.39, 0.29) is 12.1 Å². The number of rotatable bonds is 11. The Morgan fingerprint density at radius 2 is 1.80 bits per heavy atom. The highest BCUT2D eigenvalue weighted by Gasteiger charge is 2.31. The lowest BCUT2D eigenvalue weighted by Crippen LogP contribution is -2.49. The molecule has 0 aromatic carbocycles. The number of aliphatic hydroxyl groups is 1. The molecule has 0 spiro atoms. The number of alkyl halides is 3. The molecule has 0 bridgehead atoms. The summed E-state index contributed by atoms with van der Waals surface area (Å²) in [7, 11) is 0. The molecule has 0 fully saturated rings. The van der Waals surface area contributed by atoms with Crippen molar-refractivity contribution in [3.63, 3.8) is 0 Å². The summed E-state index contributed by atoms with van der Waals surface area (Å²) in [6.07, 6.45) is -1.06. The second-order valence-corrected chi connectivity index (χ2v) is 5.31. The van der Waals surface area contributed by atoms with Gasteiger partial charge < -0.3 is 10.4 Å². The molecule has 0 amide bonds. The second-order valence-electron chi connectivity index (χ2n) is 5.31. The van der Waals surface area contributed by atoms with E-state index in [0.29, 0.717) is 25.9 Å². The quantitative estimate of drug-likeness (QED) is 0.616. The Balaban J connectivity index is 4.27. The van der Waals surface area contributed by atoms with Crippen molar-refractivity contribution in [3.8, 4) is 0 Å². The van der Waals surface area contributed by atoms with E-state index in [9.17, 15) is 18.3 Å². The first kappa shape index (κ1) is 19.7. The highest BCUT2D eigenvalue weighted by Crippen LogP contribution is 2.20. The SMILES string of the molecule is CCCNC(CC)(CO)CCCN(CC)CC(F)(F)F. The van der Waals surface area contributed by atoms with Crippen LogP contribution in [0.2, 0.25) is 0 Å². The molecule has 0 saturated heterocycles. The van der Waals surface area contributed by atoms with Crippen LogP contribution in [0.1, 0.15) is 46.5 Å². The van der Waals surface area contributed by atoms with Gasteiger partial charge in [0.2, 0.25) is 0 Å². The lowest BCUT2D eigenvalue weighted by atomic mass is 9.91. The molecule has 3 nitrogen and oxygen atoms in total. The van der Waals surface area contributed by atoms with Crippen LogP contribution in [-0.4, -0.2) is 54.5 Å². The van der Waals surface area contributed by atoms with Crippen LogP contribution in [0.25, 0.3) is 0 Å². The summed E-state index contributed by atoms with van der Waals surface area (Å²) in [6, 6.07) is 0. The van der Waals surface area contributed by atoms with Crippen LogP contribution < -0.4 is 5.32 Å². The Kier molecular flexibility index (Phi) is 9.42. The maximum atomic E-state index is 12.4. The van der Waals surface area contributed by atoms with Crippen molar-refractivity contribution >= 4 is 0 Å². The zero-order chi connectivity index (χ0) is 15.6. The number of hydrogen-bond donors (Lipinski definition) is 2. The molecule has 0 rings (SSSR count). The minimum atomic E-state index is -4.14. The molecule has 0 aliphatic carbocycles. The third-order valence-corrected chi connectivity index (χ3v) is 3.71. The van der Waals surface area contributed by atoms with Gasteiger partial charge in [0.1, 0.15) is 0 Å². The standard InChI is InChI=1S/C14H29F3N2O/c1-4-9-18-13(5-2,12-20)8-7-10-19(6-3)11-14(15,16)17/h18,20H,4-12H2,1-3H3. The third-order valence-electron chi connectivity index (χ3n) is 3.71. The van der Waals surface area contributed by atoms with Crippen LogP contribution in [-0.2, 0) is 0 Å². The maximum absolute atomic E-state index is 12.4. The number of aliphatic hydroxyl groups excluding tert-OH is 1. The van der Waals surface area contributed by atoms with Crippen molar-refractivity contribution < 1.29 is 18.3 Å². The van der Waals surface area contributed by atoms with Gasteiger partial charge in [0.15, 0.2) is 0 Å². The van der Waals surface area contributed by atoms with Gasteiger partial charge in [-0.25, -0.2) is 0 Å². The van der Waals surface area contributed by atoms with Crippen LogP contribution in [0.4, 0.5) is 13.2 Å². The topological polar surface area (TPSA) is 35.5 Å². The smallest absolute Gasteiger partial charge is 0.394 e. The third kappa shape index (κ3) is 8.07. The zero-order valence-corrected chi connectivity index (χ0v) is 12.9. The monoisotopic (exact) mass is 298 g/mol. The van der Waals surface area contributed by atoms with Crippen LogP contribution >= 0.6 is 0 Å². The van der Waals surface area contributed by atoms with Gasteiger partial charge in [0.25, 0.3) is 0 Å². The van der Waals surface area contributed by atoms with Crippen molar-refractivity contribution in [2.24, 2.45) is 0 Å². The van der Waals surface area contributed by atoms with E-state index < -0.39 is 12.7 Å². The van der Waals surface area contributed by atoms with Gasteiger partial charge >= 0.3 is 6.18 Å². The average Bonchev–Trinajstić information content (AvgIpc) is 2.40. The van der Waals surface area contributed by atoms with Gasteiger partial charge in [-0.3, -0.25) is 4.90 Å². The molecule has 0 saturated carbocycles. The predicted molar refractivity (Wildman–Crippen MR) is 75.8 cm³/mol. The zero-order valence-electron chi connectivity index (χ0n) is 12.9. The average molecular weight is 298 g/mol. The fourth-order valence-electron chi connectivity index (χ4n) is 2.27. The maximum Gasteiger partial charge on any atom is 0.401 e. The number of halogens is 3. The summed E-state index contributed by atoms with van der Waals surface area (Å²) in [4.78, 5) is 1.40. The molecule has 0 aliphatic rings. The predicted octanol–water partition coefficient (Wildman–Crippen LogP) is 2.79. The lowest BCUT2D eigenvalue weighted by Gasteiger charge is -2.33. The molecule has 122 valence electrons. The summed E-state index contributed by atoms with van der Waals surface area (Å²) in [5, 5.41) is 12.9. The Hall–Kier alpha value is -0.330. The molecule has 1 atom stereocenters. The molecule has 20 heavy (non-hydrogen) atoms. The number of nitrogens with one attached hydrogen (secondary N) is 1. The van der Waals surface area contributed by atoms with Gasteiger partial charge in [-0.05, 0) is 45.3 Å². The molecule has 0 heterocycles. The van der Waals surface area contributed by atoms with Crippen molar-refractivity contribution in [3.05, 3.63) is 0 Å². The van der Waals surface area contributed by atoms with Crippen LogP contribution in [0.3, 0.4) is 0 Å². The Labute approximate surface area is 120 Å². The molecule has 0 aliphatic heterocycles. The molecule has 2 N–H and O–H groups in total. The largest absolute Gasteiger partial charge is 0.401 e. The number of nitrogens with zero attached hydrogens (tertiary/aromatic N) is 1. The van der Waals surface area contributed by atoms with Crippen LogP contribution in [0.5, 0.6) is 0 Å². The van der Waals surface area contributed by atoms with Crippen molar-refractivity contribution in [1.82, 2.24) is 10.2 Å². The van der Waals surface area contributed by atoms with Gasteiger partial charge in [-0.1, -0.05) is 20.8 Å². The van der Waals surface area contributed by atoms with E-state index in [0.717, 1.165) is 19.4 Å². The highest BCUT2D eigenvalue weighted by molar-refractivity contribution is 4.86. The van der Waals surface area contributed by atoms with Gasteiger partial charge in [0, 0.05) is 5.54 Å². The fraction of sp³-hybridized carbons (Fsp3) is 1.00. The summed E-state index contributed by atoms with van der Waals surface area (Å²) in [5.74, 6) is 0. The molecular formula is C14H29F3N2O. The summed E-state index contributed by atoms with van der Waals surface area (Å²) < 4.78 is 37.1. The van der Waals surface area contributed by atoms with E-state index in [4.69, 9.17) is 0 Å². The molecule has 1 unspecified atom stereocenters. The minimum Gasteiger partial charge on any atom is -0.394 e. The summed E-state index contributed by atoms with van der Waals surface area (Å²) in [5.41, 5.74) is -0.354. The van der Waals surface area contributed by atoms with Crippen molar-refractivity contribution in [1.29, 1.82) is 0 Å². The molecule has 0 aromatic heterocycles. The van der Waals surface area contributed by atoms with E-state index in [1.54, 1.807) is 6.92 Å². The van der Waals surface area contributed by atoms with Gasteiger partial charge in [-0.15, -0.1) is 0 Å². The molecule has 0 radical (unpaired) electrons. The first-order chi connectivity index (χ1) is 9.32. The van der Waals surface area contributed by atoms with E-state index in [1.807, 2.05) is 13.8 Å². The molecule has 0 aromatic rings. The summed E-state index contributed by atoms with van der Waals surface area (Å²) in [6.45, 7) is 6.55. The first-order valence-corrected chi connectivity index (χ1v) is 7.47. The van der Waals surface area contributed by atoms with Crippen LogP contribution in [0.15, 0.2) is 0 Å².